The molecule has 1 saturated heterocycles. The van der Waals surface area contributed by atoms with E-state index in [0.29, 0.717) is 0 Å². The normalized spacial score (nSPS) is 30.0. The first-order chi connectivity index (χ1) is 11.3. The third kappa shape index (κ3) is 2.05. The molecule has 4 nitrogen and oxygen atoms in total. The van der Waals surface area contributed by atoms with Crippen molar-refractivity contribution in [3.63, 3.8) is 0 Å². The molecule has 0 unspecified atom stereocenters. The molecule has 6 heteroatoms. The number of halogens is 2. The number of allylic oxidation sites excluding steroid dienone is 2. The van der Waals surface area contributed by atoms with Crippen LogP contribution in [0.2, 0.25) is 0 Å². The molecule has 1 aliphatic carbocycles. The van der Waals surface area contributed by atoms with Crippen LogP contribution >= 0.6 is 0 Å². The van der Waals surface area contributed by atoms with E-state index in [1.165, 1.54) is 0 Å². The van der Waals surface area contributed by atoms with E-state index in [1.54, 1.807) is 12.1 Å². The molecule has 0 N–H and O–H groups in total. The Morgan fingerprint density at radius 1 is 1.33 bits per heavy atom. The summed E-state index contributed by atoms with van der Waals surface area (Å²) in [5.74, 6) is -0.256. The summed E-state index contributed by atoms with van der Waals surface area (Å²) < 4.78 is 35.9. The number of likely N-dealkylation sites (tertiary alicyclic amines) is 1. The summed E-state index contributed by atoms with van der Waals surface area (Å²) in [5, 5.41) is 9.36. The zero-order chi connectivity index (χ0) is 17.1. The number of fused-ring (bicyclic) bond motifs is 2. The molecule has 0 radical (unpaired) electrons. The highest BCUT2D eigenvalue weighted by atomic mass is 19.3. The molecular weight excluding hydrogens is 314 g/mol. The predicted octanol–water partition coefficient (Wildman–Crippen LogP) is 3.34. The maximum Gasteiger partial charge on any atom is 0.586 e. The van der Waals surface area contributed by atoms with Gasteiger partial charge in [-0.05, 0) is 44.6 Å². The van der Waals surface area contributed by atoms with Gasteiger partial charge in [0.05, 0.1) is 5.56 Å². The maximum atomic E-state index is 13.4. The number of ether oxygens (including phenoxy) is 2. The van der Waals surface area contributed by atoms with Gasteiger partial charge in [-0.1, -0.05) is 23.8 Å². The molecule has 4 rings (SSSR count). The van der Waals surface area contributed by atoms with Gasteiger partial charge in [-0.15, -0.1) is 8.78 Å². The molecule has 0 saturated carbocycles. The van der Waals surface area contributed by atoms with Crippen molar-refractivity contribution in [1.82, 2.24) is 4.90 Å². The Hall–Kier alpha value is -2.39. The minimum Gasteiger partial charge on any atom is -0.395 e. The molecule has 2 atom stereocenters. The number of alkyl halides is 2. The minimum atomic E-state index is -3.73. The highest BCUT2D eigenvalue weighted by Crippen LogP contribution is 2.50. The average Bonchev–Trinajstić information content (AvgIpc) is 3.03. The van der Waals surface area contributed by atoms with Crippen LogP contribution in [0.4, 0.5) is 8.78 Å². The molecule has 0 bridgehead atoms. The zero-order valence-corrected chi connectivity index (χ0v) is 13.3. The summed E-state index contributed by atoms with van der Waals surface area (Å²) in [4.78, 5) is 2.23. The van der Waals surface area contributed by atoms with Crippen molar-refractivity contribution in [2.24, 2.45) is 0 Å². The summed E-state index contributed by atoms with van der Waals surface area (Å²) in [6.45, 7) is 2.92. The van der Waals surface area contributed by atoms with Gasteiger partial charge in [0.15, 0.2) is 11.5 Å². The lowest BCUT2D eigenvalue weighted by molar-refractivity contribution is -0.286. The summed E-state index contributed by atoms with van der Waals surface area (Å²) in [6.07, 6.45) is 3.46. The number of hydrogen-bond donors (Lipinski definition) is 0. The molecule has 0 aromatic heterocycles. The van der Waals surface area contributed by atoms with Crippen LogP contribution in [0, 0.1) is 11.3 Å². The summed E-state index contributed by atoms with van der Waals surface area (Å²) >= 11 is 0. The molecule has 0 amide bonds. The van der Waals surface area contributed by atoms with Crippen LogP contribution in [0.25, 0.3) is 0 Å². The SMILES string of the molecule is CC1=C[C@@H]2N(C)CC[C@]2(c2cc(C#N)c3c(c2)OC(F)(F)O3)C=C1. The number of nitriles is 1. The minimum absolute atomic E-state index is 0.0713. The zero-order valence-electron chi connectivity index (χ0n) is 13.3. The second kappa shape index (κ2) is 4.81. The highest BCUT2D eigenvalue weighted by Gasteiger charge is 2.49. The fourth-order valence-corrected chi connectivity index (χ4v) is 3.90. The molecule has 24 heavy (non-hydrogen) atoms. The van der Waals surface area contributed by atoms with E-state index in [9.17, 15) is 14.0 Å². The van der Waals surface area contributed by atoms with E-state index >= 15 is 0 Å². The standard InChI is InChI=1S/C18H16F2N2O2/c1-11-3-4-17(5-6-22(2)15(17)7-11)13-8-12(10-21)16-14(9-13)23-18(19,20)24-16/h3-4,7-9,15H,5-6H2,1-2H3/t15-,17-/m0/s1. The molecule has 2 heterocycles. The molecule has 0 spiro atoms. The van der Waals surface area contributed by atoms with E-state index < -0.39 is 6.29 Å². The van der Waals surface area contributed by atoms with Crippen LogP contribution < -0.4 is 9.47 Å². The Morgan fingerprint density at radius 3 is 2.88 bits per heavy atom. The summed E-state index contributed by atoms with van der Waals surface area (Å²) in [6, 6.07) is 5.30. The van der Waals surface area contributed by atoms with Crippen LogP contribution in [0.1, 0.15) is 24.5 Å². The quantitative estimate of drug-likeness (QED) is 0.792. The Balaban J connectivity index is 1.87. The molecule has 1 aromatic carbocycles. The van der Waals surface area contributed by atoms with Gasteiger partial charge in [-0.3, -0.25) is 4.90 Å². The lowest BCUT2D eigenvalue weighted by Crippen LogP contribution is -2.40. The van der Waals surface area contributed by atoms with Gasteiger partial charge >= 0.3 is 6.29 Å². The average molecular weight is 330 g/mol. The van der Waals surface area contributed by atoms with Gasteiger partial charge in [0, 0.05) is 11.5 Å². The van der Waals surface area contributed by atoms with Crippen molar-refractivity contribution in [3.8, 4) is 17.6 Å². The Kier molecular flexibility index (Phi) is 3.03. The number of rotatable bonds is 1. The van der Waals surface area contributed by atoms with E-state index in [1.807, 2.05) is 26.1 Å². The van der Waals surface area contributed by atoms with E-state index in [4.69, 9.17) is 0 Å². The lowest BCUT2D eigenvalue weighted by Gasteiger charge is -2.36. The molecule has 2 aliphatic heterocycles. The largest absolute Gasteiger partial charge is 0.586 e. The van der Waals surface area contributed by atoms with Gasteiger partial charge in [-0.2, -0.15) is 5.26 Å². The Labute approximate surface area is 138 Å². The van der Waals surface area contributed by atoms with Gasteiger partial charge in [0.25, 0.3) is 0 Å². The van der Waals surface area contributed by atoms with Crippen molar-refractivity contribution in [3.05, 3.63) is 47.1 Å². The number of hydrogen-bond acceptors (Lipinski definition) is 4. The second-order valence-corrected chi connectivity index (χ2v) is 6.59. The molecule has 1 fully saturated rings. The van der Waals surface area contributed by atoms with E-state index in [0.717, 1.165) is 24.1 Å². The van der Waals surface area contributed by atoms with Crippen LogP contribution in [-0.2, 0) is 5.41 Å². The number of likely N-dealkylation sites (N-methyl/N-ethyl adjacent to an activating group) is 1. The van der Waals surface area contributed by atoms with Gasteiger partial charge in [0.2, 0.25) is 0 Å². The van der Waals surface area contributed by atoms with E-state index in [-0.39, 0.29) is 28.5 Å². The van der Waals surface area contributed by atoms with Crippen molar-refractivity contribution in [1.29, 1.82) is 5.26 Å². The van der Waals surface area contributed by atoms with Crippen molar-refractivity contribution in [2.75, 3.05) is 13.6 Å². The van der Waals surface area contributed by atoms with Crippen LogP contribution in [0.3, 0.4) is 0 Å². The van der Waals surface area contributed by atoms with Gasteiger partial charge in [-0.25, -0.2) is 0 Å². The fourth-order valence-electron chi connectivity index (χ4n) is 3.90. The van der Waals surface area contributed by atoms with Crippen LogP contribution in [-0.4, -0.2) is 30.8 Å². The van der Waals surface area contributed by atoms with Crippen LogP contribution in [0.5, 0.6) is 11.5 Å². The summed E-state index contributed by atoms with van der Waals surface area (Å²) in [5.41, 5.74) is 1.68. The van der Waals surface area contributed by atoms with Gasteiger partial charge < -0.3 is 9.47 Å². The fraction of sp³-hybridized carbons (Fsp3) is 0.389. The monoisotopic (exact) mass is 330 g/mol. The molecular formula is C18H16F2N2O2. The molecule has 1 aromatic rings. The first-order valence-corrected chi connectivity index (χ1v) is 7.77. The first kappa shape index (κ1) is 15.2. The smallest absolute Gasteiger partial charge is 0.395 e. The predicted molar refractivity (Wildman–Crippen MR) is 83.0 cm³/mol. The molecule has 3 aliphatic rings. The third-order valence-corrected chi connectivity index (χ3v) is 5.11. The lowest BCUT2D eigenvalue weighted by atomic mass is 9.70. The first-order valence-electron chi connectivity index (χ1n) is 7.77. The Morgan fingerprint density at radius 2 is 2.12 bits per heavy atom. The van der Waals surface area contributed by atoms with Crippen molar-refractivity contribution >= 4 is 0 Å². The maximum absolute atomic E-state index is 13.4. The third-order valence-electron chi connectivity index (χ3n) is 5.11. The van der Waals surface area contributed by atoms with Crippen molar-refractivity contribution in [2.45, 2.75) is 31.1 Å². The van der Waals surface area contributed by atoms with Crippen LogP contribution in [0.15, 0.2) is 35.9 Å². The van der Waals surface area contributed by atoms with Crippen molar-refractivity contribution < 1.29 is 18.3 Å². The summed E-state index contributed by atoms with van der Waals surface area (Å²) in [7, 11) is 2.04. The van der Waals surface area contributed by atoms with Gasteiger partial charge in [0.1, 0.15) is 6.07 Å². The van der Waals surface area contributed by atoms with E-state index in [2.05, 4.69) is 26.5 Å². The topological polar surface area (TPSA) is 45.5 Å². The number of nitrogens with zero attached hydrogens (tertiary/aromatic N) is 2. The molecule has 124 valence electrons. The number of benzene rings is 1. The second-order valence-electron chi connectivity index (χ2n) is 6.59. The highest BCUT2D eigenvalue weighted by molar-refractivity contribution is 5.59. The Bertz CT molecular complexity index is 825.